The molecule has 34 heteroatoms. The topological polar surface area (TPSA) is 0 Å². The minimum atomic E-state index is -8.76. The van der Waals surface area contributed by atoms with Gasteiger partial charge in [-0.2, -0.15) is 149 Å². The maximum Gasteiger partial charge on any atom is 0.460 e. The number of hydrogen-bond acceptors (Lipinski definition) is 0. The van der Waals surface area contributed by atoms with Crippen LogP contribution in [0.2, 0.25) is 0 Å². The molecule has 0 aromatic heterocycles. The van der Waals surface area contributed by atoms with Gasteiger partial charge in [-0.1, -0.05) is 64.2 Å². The summed E-state index contributed by atoms with van der Waals surface area (Å²) in [5.74, 6) is -114. The number of hydrogen-bond donors (Lipinski definition) is 0. The second kappa shape index (κ2) is 18.6. The van der Waals surface area contributed by atoms with E-state index in [-0.39, 0.29) is 51.4 Å². The van der Waals surface area contributed by atoms with Crippen LogP contribution in [0.15, 0.2) is 0 Å². The summed E-state index contributed by atoms with van der Waals surface area (Å²) in [7, 11) is 0. The molecular formula is C30H28F34. The van der Waals surface area contributed by atoms with Crippen molar-refractivity contribution >= 4 is 0 Å². The summed E-state index contributed by atoms with van der Waals surface area (Å²) >= 11 is 0. The molecule has 0 fully saturated rings. The highest BCUT2D eigenvalue weighted by Gasteiger charge is 2.96. The molecule has 0 aliphatic carbocycles. The van der Waals surface area contributed by atoms with Crippen molar-refractivity contribution in [3.05, 3.63) is 0 Å². The van der Waals surface area contributed by atoms with Crippen molar-refractivity contribution in [2.75, 3.05) is 0 Å². The van der Waals surface area contributed by atoms with Gasteiger partial charge in [0, 0.05) is 12.8 Å². The van der Waals surface area contributed by atoms with Crippen molar-refractivity contribution in [2.24, 2.45) is 0 Å². The van der Waals surface area contributed by atoms with E-state index < -0.39 is 134 Å². The van der Waals surface area contributed by atoms with Crippen LogP contribution in [0.4, 0.5) is 149 Å². The second-order valence-electron chi connectivity index (χ2n) is 14.0. The fraction of sp³-hybridized carbons (Fsp3) is 1.00. The number of unbranched alkanes of at least 4 members (excludes halogenated alkanes) is 11. The normalized spacial score (nSPS) is 16.2. The summed E-state index contributed by atoms with van der Waals surface area (Å²) < 4.78 is 453. The Hall–Kier alpha value is -2.38. The third-order valence-electron chi connectivity index (χ3n) is 9.31. The van der Waals surface area contributed by atoms with Crippen LogP contribution in [0.5, 0.6) is 0 Å². The Morgan fingerprint density at radius 3 is 0.422 bits per heavy atom. The predicted molar refractivity (Wildman–Crippen MR) is 146 cm³/mol. The fourth-order valence-corrected chi connectivity index (χ4v) is 5.17. The summed E-state index contributed by atoms with van der Waals surface area (Å²) in [5.41, 5.74) is 0. The van der Waals surface area contributed by atoms with Gasteiger partial charge in [0.05, 0.1) is 0 Å². The molecule has 0 unspecified atom stereocenters. The third kappa shape index (κ3) is 10.1. The molecular weight excluding hydrogens is 1010 g/mol. The average Bonchev–Trinajstić information content (AvgIpc) is 3.09. The zero-order valence-corrected chi connectivity index (χ0v) is 30.8. The van der Waals surface area contributed by atoms with Crippen molar-refractivity contribution in [3.63, 3.8) is 0 Å². The molecule has 0 N–H and O–H groups in total. The molecule has 0 saturated carbocycles. The summed E-state index contributed by atoms with van der Waals surface area (Å²) in [6.45, 7) is 0. The molecule has 0 rings (SSSR count). The highest BCUT2D eigenvalue weighted by Crippen LogP contribution is 2.66. The highest BCUT2D eigenvalue weighted by atomic mass is 19.4. The molecule has 64 heavy (non-hydrogen) atoms. The van der Waals surface area contributed by atoms with Crippen molar-refractivity contribution in [2.45, 2.75) is 185 Å². The average molecular weight is 1030 g/mol. The standard InChI is InChI=1S/C30H28F34/c31-15(32,17(35,36)19(39,40)21(43,44)23(47,48)25(51,52)27(55,56)29(59,60)61)13-11-9-7-5-3-1-2-4-6-8-10-12-14-16(33,34)18(37,38)20(41,42)22(45,46)24(49,50)26(53,54)28(57,58)30(62,63)64/h1-14H2. The summed E-state index contributed by atoms with van der Waals surface area (Å²) in [6.07, 6.45) is -25.6. The lowest BCUT2D eigenvalue weighted by Crippen LogP contribution is -2.74. The van der Waals surface area contributed by atoms with E-state index in [1.165, 1.54) is 0 Å². The van der Waals surface area contributed by atoms with Crippen LogP contribution >= 0.6 is 0 Å². The number of alkyl halides is 34. The van der Waals surface area contributed by atoms with Gasteiger partial charge in [0.2, 0.25) is 0 Å². The van der Waals surface area contributed by atoms with Crippen molar-refractivity contribution in [1.29, 1.82) is 0 Å². The van der Waals surface area contributed by atoms with Crippen LogP contribution in [0.25, 0.3) is 0 Å². The Morgan fingerprint density at radius 2 is 0.266 bits per heavy atom. The molecule has 0 heterocycles. The van der Waals surface area contributed by atoms with Crippen LogP contribution < -0.4 is 0 Å². The molecule has 0 aliphatic heterocycles. The third-order valence-corrected chi connectivity index (χ3v) is 9.31. The van der Waals surface area contributed by atoms with Crippen LogP contribution in [0.1, 0.15) is 89.9 Å². The van der Waals surface area contributed by atoms with Crippen LogP contribution in [0, 0.1) is 0 Å². The van der Waals surface area contributed by atoms with Gasteiger partial charge in [-0.25, -0.2) is 0 Å². The van der Waals surface area contributed by atoms with E-state index in [2.05, 4.69) is 0 Å². The lowest BCUT2D eigenvalue weighted by atomic mass is 9.87. The molecule has 0 aromatic carbocycles. The van der Waals surface area contributed by atoms with E-state index in [0.29, 0.717) is 0 Å². The summed E-state index contributed by atoms with van der Waals surface area (Å²) in [5, 5.41) is 0. The smallest absolute Gasteiger partial charge is 0.200 e. The molecule has 0 radical (unpaired) electrons. The molecule has 386 valence electrons. The van der Waals surface area contributed by atoms with Gasteiger partial charge in [-0.05, 0) is 12.8 Å². The predicted octanol–water partition coefficient (Wildman–Crippen LogP) is 16.5. The fourth-order valence-electron chi connectivity index (χ4n) is 5.17. The first kappa shape index (κ1) is 61.6. The van der Waals surface area contributed by atoms with Gasteiger partial charge in [-0.3, -0.25) is 0 Å². The van der Waals surface area contributed by atoms with E-state index in [1.807, 2.05) is 0 Å². The van der Waals surface area contributed by atoms with Crippen LogP contribution in [-0.4, -0.2) is 95.3 Å². The Balaban J connectivity index is 5.10. The van der Waals surface area contributed by atoms with Gasteiger partial charge in [0.1, 0.15) is 0 Å². The summed E-state index contributed by atoms with van der Waals surface area (Å²) in [6, 6.07) is 0. The lowest BCUT2D eigenvalue weighted by molar-refractivity contribution is -0.461. The van der Waals surface area contributed by atoms with Crippen LogP contribution in [-0.2, 0) is 0 Å². The maximum absolute atomic E-state index is 14.0. The molecule has 0 aliphatic rings. The van der Waals surface area contributed by atoms with Gasteiger partial charge in [0.25, 0.3) is 0 Å². The number of rotatable bonds is 27. The minimum absolute atomic E-state index is 0.0572. The molecule has 0 spiro atoms. The molecule has 0 atom stereocenters. The Morgan fingerprint density at radius 1 is 0.141 bits per heavy atom. The lowest BCUT2D eigenvalue weighted by Gasteiger charge is -2.42. The Kier molecular flexibility index (Phi) is 17.9. The van der Waals surface area contributed by atoms with Gasteiger partial charge in [0.15, 0.2) is 0 Å². The van der Waals surface area contributed by atoms with Crippen molar-refractivity contribution in [3.8, 4) is 0 Å². The second-order valence-corrected chi connectivity index (χ2v) is 14.0. The number of halogens is 34. The van der Waals surface area contributed by atoms with Gasteiger partial charge >= 0.3 is 95.3 Å². The minimum Gasteiger partial charge on any atom is -0.200 e. The van der Waals surface area contributed by atoms with E-state index in [0.717, 1.165) is 0 Å². The van der Waals surface area contributed by atoms with Gasteiger partial charge < -0.3 is 0 Å². The zero-order valence-electron chi connectivity index (χ0n) is 30.8. The molecule has 0 saturated heterocycles. The van der Waals surface area contributed by atoms with E-state index in [4.69, 9.17) is 0 Å². The molecule has 0 amide bonds. The largest absolute Gasteiger partial charge is 0.460 e. The van der Waals surface area contributed by atoms with Crippen molar-refractivity contribution in [1.82, 2.24) is 0 Å². The molecule has 0 aromatic rings. The van der Waals surface area contributed by atoms with Crippen molar-refractivity contribution < 1.29 is 149 Å². The van der Waals surface area contributed by atoms with E-state index >= 15 is 0 Å². The molecule has 0 bridgehead atoms. The first-order chi connectivity index (χ1) is 27.7. The van der Waals surface area contributed by atoms with E-state index in [1.54, 1.807) is 0 Å². The van der Waals surface area contributed by atoms with Crippen LogP contribution in [0.3, 0.4) is 0 Å². The Labute approximate surface area is 335 Å². The monoisotopic (exact) mass is 1030 g/mol. The first-order valence-corrected chi connectivity index (χ1v) is 17.1. The highest BCUT2D eigenvalue weighted by molar-refractivity contribution is 5.16. The summed E-state index contributed by atoms with van der Waals surface area (Å²) in [4.78, 5) is 0. The Bertz CT molecular complexity index is 1370. The SMILES string of the molecule is FC(F)(F)C(F)(F)C(F)(F)C(F)(F)C(F)(F)C(F)(F)C(F)(F)C(F)(F)CCCCCCCCCCCCCCC(F)(F)C(F)(F)C(F)(F)C(F)(F)C(F)(F)C(F)(F)C(F)(F)C(F)(F)F. The maximum atomic E-state index is 14.0. The first-order valence-electron chi connectivity index (χ1n) is 17.1. The quantitative estimate of drug-likeness (QED) is 0.0568. The zero-order chi connectivity index (χ0) is 51.9. The molecule has 0 nitrogen and oxygen atoms in total. The van der Waals surface area contributed by atoms with Gasteiger partial charge in [-0.15, -0.1) is 0 Å². The van der Waals surface area contributed by atoms with E-state index in [9.17, 15) is 149 Å².